The van der Waals surface area contributed by atoms with Crippen LogP contribution in [0.25, 0.3) is 0 Å². The number of aliphatic hydroxyl groups excluding tert-OH is 2. The highest BCUT2D eigenvalue weighted by molar-refractivity contribution is 7.80. The molecule has 0 unspecified atom stereocenters. The molecule has 6 heteroatoms. The third-order valence-corrected chi connectivity index (χ3v) is 2.40. The maximum Gasteiger partial charge on any atom is 0.266 e. The van der Waals surface area contributed by atoms with Crippen molar-refractivity contribution in [3.63, 3.8) is 0 Å². The minimum atomic E-state index is -0.500. The van der Waals surface area contributed by atoms with E-state index in [0.29, 0.717) is 0 Å². The van der Waals surface area contributed by atoms with Gasteiger partial charge in [0.25, 0.3) is 10.3 Å². The second-order valence-electron chi connectivity index (χ2n) is 3.63. The molecule has 4 nitrogen and oxygen atoms in total. The lowest BCUT2D eigenvalue weighted by Crippen LogP contribution is -2.23. The lowest BCUT2D eigenvalue weighted by Gasteiger charge is -2.21. The van der Waals surface area contributed by atoms with Crippen LogP contribution in [0.2, 0.25) is 0 Å². The Morgan fingerprint density at radius 2 is 1.10 bits per heavy atom. The summed E-state index contributed by atoms with van der Waals surface area (Å²) in [6.45, 7) is 0. The van der Waals surface area contributed by atoms with E-state index in [2.05, 4.69) is 18.0 Å². The van der Waals surface area contributed by atoms with Crippen LogP contribution in [0.15, 0.2) is 60.7 Å². The number of para-hydroxylation sites is 2. The van der Waals surface area contributed by atoms with Gasteiger partial charge in [-0.05, 0) is 48.7 Å². The maximum atomic E-state index is 9.58. The summed E-state index contributed by atoms with van der Waals surface area (Å²) in [6.07, 6.45) is 0. The van der Waals surface area contributed by atoms with Gasteiger partial charge in [0.2, 0.25) is 0 Å². The average molecular weight is 306 g/mol. The van der Waals surface area contributed by atoms with E-state index in [1.54, 1.807) is 4.90 Å². The molecule has 0 saturated heterocycles. The zero-order valence-corrected chi connectivity index (χ0v) is 12.1. The lowest BCUT2D eigenvalue weighted by molar-refractivity contribution is 0.557. The van der Waals surface area contributed by atoms with Crippen molar-refractivity contribution >= 4 is 46.2 Å². The first-order valence-electron chi connectivity index (χ1n) is 5.64. The Hall–Kier alpha value is -2.18. The summed E-state index contributed by atoms with van der Waals surface area (Å²) in [5, 5.41) is 16.5. The third-order valence-electron chi connectivity index (χ3n) is 2.22. The van der Waals surface area contributed by atoms with E-state index in [4.69, 9.17) is 17.3 Å². The number of rotatable bonds is 2. The minimum Gasteiger partial charge on any atom is -0.487 e. The number of benzene rings is 2. The smallest absolute Gasteiger partial charge is 0.266 e. The van der Waals surface area contributed by atoms with Gasteiger partial charge in [-0.1, -0.05) is 36.4 Å². The van der Waals surface area contributed by atoms with E-state index in [1.165, 1.54) is 0 Å². The first-order chi connectivity index (χ1) is 9.52. The number of nitrogens with two attached hydrogens (primary N) is 1. The number of thiocarbonyl (C=S) groups is 2. The van der Waals surface area contributed by atoms with Crippen molar-refractivity contribution in [3.8, 4) is 0 Å². The van der Waals surface area contributed by atoms with Crippen LogP contribution in [0.5, 0.6) is 0 Å². The van der Waals surface area contributed by atoms with Gasteiger partial charge >= 0.3 is 0 Å². The Bertz CT molecular complexity index is 518. The second-order valence-corrected chi connectivity index (χ2v) is 4.41. The molecule has 0 saturated carbocycles. The average Bonchev–Trinajstić information content (AvgIpc) is 2.40. The molecule has 0 aliphatic rings. The van der Waals surface area contributed by atoms with Crippen LogP contribution >= 0.6 is 24.4 Å². The zero-order valence-electron chi connectivity index (χ0n) is 10.5. The number of nitrogens with zero attached hydrogens (tertiary/aromatic N) is 1. The molecule has 0 radical (unpaired) electrons. The Labute approximate surface area is 128 Å². The molecule has 0 bridgehead atoms. The van der Waals surface area contributed by atoms with Crippen LogP contribution in [0, 0.1) is 0 Å². The van der Waals surface area contributed by atoms with Crippen molar-refractivity contribution < 1.29 is 10.2 Å². The molecule has 0 aliphatic heterocycles. The lowest BCUT2D eigenvalue weighted by atomic mass is 10.2. The zero-order chi connectivity index (χ0) is 15.0. The van der Waals surface area contributed by atoms with E-state index in [1.807, 2.05) is 60.7 Å². The molecular weight excluding hydrogens is 292 g/mol. The van der Waals surface area contributed by atoms with E-state index in [-0.39, 0.29) is 5.17 Å². The van der Waals surface area contributed by atoms with Crippen molar-refractivity contribution in [1.29, 1.82) is 0 Å². The number of hydrogen-bond acceptors (Lipinski definition) is 2. The van der Waals surface area contributed by atoms with E-state index in [9.17, 15) is 5.11 Å². The third kappa shape index (κ3) is 5.21. The normalized spacial score (nSPS) is 9.00. The summed E-state index contributed by atoms with van der Waals surface area (Å²) in [5.41, 5.74) is 6.09. The molecule has 2 aromatic carbocycles. The molecule has 0 aromatic heterocycles. The van der Waals surface area contributed by atoms with Gasteiger partial charge in [0.1, 0.15) is 0 Å². The fourth-order valence-corrected chi connectivity index (χ4v) is 1.73. The van der Waals surface area contributed by atoms with E-state index in [0.717, 1.165) is 11.4 Å². The van der Waals surface area contributed by atoms with Crippen LogP contribution in [0.4, 0.5) is 11.4 Å². The molecule has 2 aromatic rings. The van der Waals surface area contributed by atoms with Crippen LogP contribution < -0.4 is 10.6 Å². The SMILES string of the molecule is NC(O)=S.OC(=S)N(c1ccccc1)c1ccccc1. The van der Waals surface area contributed by atoms with Gasteiger partial charge in [0.05, 0.1) is 0 Å². The summed E-state index contributed by atoms with van der Waals surface area (Å²) >= 11 is 8.73. The molecule has 0 amide bonds. The Morgan fingerprint density at radius 1 is 0.800 bits per heavy atom. The van der Waals surface area contributed by atoms with Gasteiger partial charge in [-0.25, -0.2) is 0 Å². The van der Waals surface area contributed by atoms with Crippen LogP contribution in [-0.4, -0.2) is 20.6 Å². The quantitative estimate of drug-likeness (QED) is 0.738. The highest BCUT2D eigenvalue weighted by Gasteiger charge is 2.12. The van der Waals surface area contributed by atoms with E-state index >= 15 is 0 Å². The molecule has 0 aliphatic carbocycles. The van der Waals surface area contributed by atoms with Crippen molar-refractivity contribution in [2.24, 2.45) is 5.73 Å². The standard InChI is InChI=1S/C13H11NOS.CH3NOS/c15-13(16)14(11-7-3-1-4-8-11)12-9-5-2-6-10-12;2-1(3)4/h1-10H,(H,15,16);(H3,2,3,4). The molecule has 0 fully saturated rings. The van der Waals surface area contributed by atoms with Gasteiger partial charge in [-0.15, -0.1) is 0 Å². The summed E-state index contributed by atoms with van der Waals surface area (Å²) in [6, 6.07) is 19.1. The summed E-state index contributed by atoms with van der Waals surface area (Å²) in [5.74, 6) is 0. The Kier molecular flexibility index (Phi) is 6.42. The summed E-state index contributed by atoms with van der Waals surface area (Å²) < 4.78 is 0. The highest BCUT2D eigenvalue weighted by Crippen LogP contribution is 2.24. The minimum absolute atomic E-state index is 0.155. The summed E-state index contributed by atoms with van der Waals surface area (Å²) in [7, 11) is 0. The van der Waals surface area contributed by atoms with Crippen molar-refractivity contribution in [2.45, 2.75) is 0 Å². The fraction of sp³-hybridized carbons (Fsp3) is 0. The monoisotopic (exact) mass is 306 g/mol. The van der Waals surface area contributed by atoms with Crippen molar-refractivity contribution in [2.75, 3.05) is 4.90 Å². The molecular formula is C14H14N2O2S2. The molecule has 0 atom stereocenters. The van der Waals surface area contributed by atoms with Crippen molar-refractivity contribution in [1.82, 2.24) is 0 Å². The molecule has 2 rings (SSSR count). The van der Waals surface area contributed by atoms with Gasteiger partial charge in [0, 0.05) is 11.4 Å². The molecule has 0 heterocycles. The molecule has 20 heavy (non-hydrogen) atoms. The Balaban J connectivity index is 0.000000444. The predicted octanol–water partition coefficient (Wildman–Crippen LogP) is 3.46. The molecule has 0 spiro atoms. The van der Waals surface area contributed by atoms with Gasteiger partial charge in [-0.3, -0.25) is 4.90 Å². The van der Waals surface area contributed by atoms with Crippen LogP contribution in [0.3, 0.4) is 0 Å². The largest absolute Gasteiger partial charge is 0.487 e. The summed E-state index contributed by atoms with van der Waals surface area (Å²) in [4.78, 5) is 1.62. The number of aliphatic hydroxyl groups is 2. The predicted molar refractivity (Wildman–Crippen MR) is 89.7 cm³/mol. The fourth-order valence-electron chi connectivity index (χ4n) is 1.52. The maximum absolute atomic E-state index is 9.58. The van der Waals surface area contributed by atoms with Crippen molar-refractivity contribution in [3.05, 3.63) is 60.7 Å². The number of hydrogen-bond donors (Lipinski definition) is 3. The second kappa shape index (κ2) is 8.08. The van der Waals surface area contributed by atoms with Gasteiger partial charge in [-0.2, -0.15) is 0 Å². The van der Waals surface area contributed by atoms with Gasteiger partial charge in [0.15, 0.2) is 0 Å². The first kappa shape index (κ1) is 15.9. The van der Waals surface area contributed by atoms with Gasteiger partial charge < -0.3 is 15.9 Å². The molecule has 4 N–H and O–H groups in total. The number of anilines is 2. The topological polar surface area (TPSA) is 69.7 Å². The van der Waals surface area contributed by atoms with E-state index < -0.39 is 5.17 Å². The first-order valence-corrected chi connectivity index (χ1v) is 6.45. The van der Waals surface area contributed by atoms with Crippen LogP contribution in [-0.2, 0) is 0 Å². The van der Waals surface area contributed by atoms with Crippen LogP contribution in [0.1, 0.15) is 0 Å². The highest BCUT2D eigenvalue weighted by atomic mass is 32.1. The Morgan fingerprint density at radius 3 is 1.35 bits per heavy atom. The molecule has 104 valence electrons.